The molecule has 9 rings (SSSR count). The number of thiophene rings is 3. The van der Waals surface area contributed by atoms with Crippen LogP contribution in [0, 0.1) is 0 Å². The summed E-state index contributed by atoms with van der Waals surface area (Å²) in [6.45, 7) is 0. The molecule has 0 spiro atoms. The van der Waals surface area contributed by atoms with Gasteiger partial charge >= 0.3 is 46.8 Å². The van der Waals surface area contributed by atoms with Gasteiger partial charge in [-0.3, -0.25) is 9.80 Å². The van der Waals surface area contributed by atoms with Gasteiger partial charge in [0, 0.05) is 51.4 Å². The average molecular weight is 1080 g/mol. The molecule has 6 aromatic heterocycles. The number of urea groups is 2. The Labute approximate surface area is 435 Å². The van der Waals surface area contributed by atoms with Crippen molar-refractivity contribution < 1.29 is 56.6 Å². The lowest BCUT2D eigenvalue weighted by Crippen LogP contribution is -2.43. The van der Waals surface area contributed by atoms with Gasteiger partial charge in [0.25, 0.3) is 0 Å². The van der Waals surface area contributed by atoms with Crippen LogP contribution in [0.4, 0.5) is 24.6 Å². The van der Waals surface area contributed by atoms with E-state index >= 15 is 0 Å². The van der Waals surface area contributed by atoms with E-state index in [9.17, 15) is 43.2 Å². The standard InChI is InChI=1S/C17H20N2O5S.C16H18N2O5S.C10H9NO4S.C7H11NO/c1-19(17(22)18-10-6-4-3-5-7-10)14-9-12-13(25-14)8-11(15(20)23-2)16(21)24-12;1-18(16(22)17-9-5-3-2-4-6-9)13-8-11-12(24-13)7-10(14(19)20)15(21)23-11;1-11-8-4-6-7(16-8)3-5(9(12)14-2)10(13)15-6;9-6-8-7-4-2-1-3-5-7/h8-10H,3-7H2,1-2H3,(H,18,22);7-9H,2-6H2,1H3,(H,17,22)(H,19,20);3-4,11H,1-2H3;7H,1-5H2. The van der Waals surface area contributed by atoms with Crippen molar-refractivity contribution in [2.75, 3.05) is 50.5 Å². The highest BCUT2D eigenvalue weighted by Gasteiger charge is 2.24. The fourth-order valence-corrected chi connectivity index (χ4v) is 11.2. The Hall–Kier alpha value is -7.14. The van der Waals surface area contributed by atoms with Gasteiger partial charge in [-0.05, 0) is 56.7 Å². The van der Waals surface area contributed by atoms with E-state index in [4.69, 9.17) is 18.4 Å². The summed E-state index contributed by atoms with van der Waals surface area (Å²) in [5.74, 6) is -2.76. The van der Waals surface area contributed by atoms with Gasteiger partial charge in [0.05, 0.1) is 39.4 Å². The zero-order valence-corrected chi connectivity index (χ0v) is 44.0. The topological polar surface area (TPSA) is 287 Å². The van der Waals surface area contributed by atoms with E-state index in [-0.39, 0.29) is 40.9 Å². The van der Waals surface area contributed by atoms with Crippen LogP contribution in [0.25, 0.3) is 30.8 Å². The summed E-state index contributed by atoms with van der Waals surface area (Å²) in [7, 11) is 7.50. The second kappa shape index (κ2) is 26.7. The number of ether oxygens (including phenoxy) is 2. The molecule has 0 bridgehead atoms. The summed E-state index contributed by atoms with van der Waals surface area (Å²) in [5.41, 5.74) is -1.89. The number of methoxy groups -OCH3 is 2. The smallest absolute Gasteiger partial charge is 0.351 e. The molecule has 74 heavy (non-hydrogen) atoms. The normalized spacial score (nSPS) is 14.9. The first kappa shape index (κ1) is 56.2. The largest absolute Gasteiger partial charge is 0.477 e. The van der Waals surface area contributed by atoms with E-state index < -0.39 is 40.3 Å². The van der Waals surface area contributed by atoms with Gasteiger partial charge < -0.3 is 43.8 Å². The summed E-state index contributed by atoms with van der Waals surface area (Å²) in [6.07, 6.45) is 18.5. The van der Waals surface area contributed by atoms with Gasteiger partial charge in [0.15, 0.2) is 16.7 Å². The number of nitrogens with zero attached hydrogens (tertiary/aromatic N) is 3. The Morgan fingerprint density at radius 3 is 1.36 bits per heavy atom. The monoisotopic (exact) mass is 1080 g/mol. The number of carboxylic acids is 1. The molecule has 6 heterocycles. The number of carboxylic acid groups (broad SMARTS) is 1. The lowest BCUT2D eigenvalue weighted by atomic mass is 9.96. The third-order valence-corrected chi connectivity index (χ3v) is 15.8. The van der Waals surface area contributed by atoms with Crippen LogP contribution < -0.4 is 42.6 Å². The SMILES string of the molecule is CN(C(=O)NC1CCCCC1)c1cc2oc(=O)c(C(=O)O)cc2s1.CNc1cc2oc(=O)c(C(=O)OC)cc2s1.COC(=O)c1cc2sc(N(C)C(=O)NC3CCCCC3)cc2oc1=O.O=C=NC1CCCCC1. The Bertz CT molecular complexity index is 3180. The summed E-state index contributed by atoms with van der Waals surface area (Å²) in [6, 6.07) is 9.43. The number of aromatic carboxylic acids is 1. The molecule has 4 amide bonds. The van der Waals surface area contributed by atoms with E-state index in [1.165, 1.54) is 108 Å². The molecule has 24 heteroatoms. The minimum absolute atomic E-state index is 0.0838. The zero-order chi connectivity index (χ0) is 53.5. The maximum absolute atomic E-state index is 12.4. The molecule has 0 unspecified atom stereocenters. The van der Waals surface area contributed by atoms with Gasteiger partial charge in [-0.15, -0.1) is 34.0 Å². The highest BCUT2D eigenvalue weighted by atomic mass is 32.1. The molecule has 0 aliphatic heterocycles. The molecule has 0 aromatic carbocycles. The maximum Gasteiger partial charge on any atom is 0.351 e. The molecular weight excluding hydrogens is 1020 g/mol. The molecule has 3 aliphatic carbocycles. The molecule has 396 valence electrons. The molecule has 0 radical (unpaired) electrons. The molecular formula is C50H58N6O15S3. The molecule has 21 nitrogen and oxygen atoms in total. The van der Waals surface area contributed by atoms with Crippen molar-refractivity contribution in [3.05, 3.63) is 84.3 Å². The van der Waals surface area contributed by atoms with Gasteiger partial charge in [-0.25, -0.2) is 48.1 Å². The first-order chi connectivity index (χ1) is 35.5. The quantitative estimate of drug-likeness (QED) is 0.0595. The van der Waals surface area contributed by atoms with Crippen molar-refractivity contribution >= 4 is 116 Å². The minimum Gasteiger partial charge on any atom is -0.477 e. The van der Waals surface area contributed by atoms with Crippen LogP contribution in [0.3, 0.4) is 0 Å². The third kappa shape index (κ3) is 14.8. The summed E-state index contributed by atoms with van der Waals surface area (Å²) in [5, 5.41) is 20.1. The lowest BCUT2D eigenvalue weighted by Gasteiger charge is -2.25. The van der Waals surface area contributed by atoms with E-state index in [0.717, 1.165) is 73.9 Å². The number of anilines is 3. The Kier molecular flexibility index (Phi) is 20.3. The number of fused-ring (bicyclic) bond motifs is 3. The van der Waals surface area contributed by atoms with E-state index in [1.807, 2.05) is 0 Å². The average Bonchev–Trinajstić information content (AvgIpc) is 4.14. The summed E-state index contributed by atoms with van der Waals surface area (Å²) >= 11 is 3.87. The molecule has 3 fully saturated rings. The second-order valence-electron chi connectivity index (χ2n) is 17.5. The summed E-state index contributed by atoms with van der Waals surface area (Å²) < 4.78 is 26.1. The number of carbonyl (C=O) groups is 5. The Morgan fingerprint density at radius 2 is 0.973 bits per heavy atom. The number of amides is 4. The van der Waals surface area contributed by atoms with E-state index in [2.05, 4.69) is 30.4 Å². The Morgan fingerprint density at radius 1 is 0.595 bits per heavy atom. The van der Waals surface area contributed by atoms with Crippen molar-refractivity contribution in [3.63, 3.8) is 0 Å². The number of hydrogen-bond acceptors (Lipinski definition) is 19. The number of hydrogen-bond donors (Lipinski definition) is 4. The van der Waals surface area contributed by atoms with Crippen LogP contribution in [0.2, 0.25) is 0 Å². The van der Waals surface area contributed by atoms with Crippen LogP contribution in [0.5, 0.6) is 0 Å². The van der Waals surface area contributed by atoms with Crippen molar-refractivity contribution in [1.82, 2.24) is 10.6 Å². The first-order valence-corrected chi connectivity index (χ1v) is 26.4. The third-order valence-electron chi connectivity index (χ3n) is 12.5. The maximum atomic E-state index is 12.4. The minimum atomic E-state index is -1.33. The Balaban J connectivity index is 0.000000170. The molecule has 0 atom stereocenters. The van der Waals surface area contributed by atoms with Gasteiger partial charge in [-0.1, -0.05) is 57.8 Å². The van der Waals surface area contributed by atoms with E-state index in [1.54, 1.807) is 45.4 Å². The van der Waals surface area contributed by atoms with Crippen LogP contribution in [-0.4, -0.2) is 94.6 Å². The second-order valence-corrected chi connectivity index (χ2v) is 20.8. The summed E-state index contributed by atoms with van der Waals surface area (Å²) in [4.78, 5) is 110. The molecule has 3 saturated carbocycles. The number of aliphatic imine (C=N–C) groups is 1. The number of rotatable bonds is 9. The van der Waals surface area contributed by atoms with Crippen LogP contribution in [0.1, 0.15) is 127 Å². The lowest BCUT2D eigenvalue weighted by molar-refractivity contribution is 0.0587. The fourth-order valence-electron chi connectivity index (χ4n) is 8.34. The van der Waals surface area contributed by atoms with Crippen LogP contribution >= 0.6 is 34.0 Å². The predicted octanol–water partition coefficient (Wildman–Crippen LogP) is 9.49. The van der Waals surface area contributed by atoms with Crippen molar-refractivity contribution in [3.8, 4) is 0 Å². The van der Waals surface area contributed by atoms with E-state index in [0.29, 0.717) is 36.6 Å². The molecule has 4 N–H and O–H groups in total. The zero-order valence-electron chi connectivity index (χ0n) is 41.5. The van der Waals surface area contributed by atoms with Crippen LogP contribution in [0.15, 0.2) is 69.0 Å². The van der Waals surface area contributed by atoms with Crippen molar-refractivity contribution in [2.24, 2.45) is 4.99 Å². The van der Waals surface area contributed by atoms with Gasteiger partial charge in [0.1, 0.15) is 26.7 Å². The number of carbonyl (C=O) groups excluding carboxylic acids is 5. The molecule has 0 saturated heterocycles. The van der Waals surface area contributed by atoms with Gasteiger partial charge in [0.2, 0.25) is 6.08 Å². The highest BCUT2D eigenvalue weighted by Crippen LogP contribution is 2.34. The highest BCUT2D eigenvalue weighted by molar-refractivity contribution is 7.23. The number of nitrogens with one attached hydrogen (secondary N) is 3. The van der Waals surface area contributed by atoms with Crippen LogP contribution in [-0.2, 0) is 14.3 Å². The number of esters is 2. The van der Waals surface area contributed by atoms with Crippen molar-refractivity contribution in [2.45, 2.75) is 114 Å². The fraction of sp³-hybridized carbons (Fsp3) is 0.460. The van der Waals surface area contributed by atoms with Gasteiger partial charge in [-0.2, -0.15) is 0 Å². The number of isocyanates is 1. The molecule has 3 aliphatic rings. The first-order valence-electron chi connectivity index (χ1n) is 24.0. The van der Waals surface area contributed by atoms with Crippen molar-refractivity contribution in [1.29, 1.82) is 0 Å². The molecule has 6 aromatic rings. The predicted molar refractivity (Wildman–Crippen MR) is 283 cm³/mol.